The van der Waals surface area contributed by atoms with E-state index >= 15 is 0 Å². The Bertz CT molecular complexity index is 335. The molecule has 1 aliphatic heterocycles. The Labute approximate surface area is 118 Å². The summed E-state index contributed by atoms with van der Waals surface area (Å²) in [5.41, 5.74) is 0. The number of hydrogen-bond donors (Lipinski definition) is 1. The number of rotatable bonds is 7. The smallest absolute Gasteiger partial charge is 0.118 e. The van der Waals surface area contributed by atoms with E-state index in [0.717, 1.165) is 31.8 Å². The Morgan fingerprint density at radius 1 is 1.17 bits per heavy atom. The van der Waals surface area contributed by atoms with E-state index in [0.29, 0.717) is 0 Å². The van der Waals surface area contributed by atoms with E-state index in [1.54, 1.807) is 0 Å². The third-order valence-corrected chi connectivity index (χ3v) is 5.31. The van der Waals surface area contributed by atoms with E-state index in [1.807, 2.05) is 11.3 Å². The highest BCUT2D eigenvalue weighted by Gasteiger charge is 2.16. The highest BCUT2D eigenvalue weighted by molar-refractivity contribution is 7.99. The fourth-order valence-corrected chi connectivity index (χ4v) is 4.33. The minimum absolute atomic E-state index is 0.852. The molecule has 18 heavy (non-hydrogen) atoms. The fraction of sp³-hybridized carbons (Fsp3) is 0.846. The molecule has 0 saturated carbocycles. The second-order valence-corrected chi connectivity index (χ2v) is 7.22. The van der Waals surface area contributed by atoms with Crippen molar-refractivity contribution >= 4 is 23.1 Å². The van der Waals surface area contributed by atoms with Gasteiger partial charge in [-0.2, -0.15) is 11.8 Å². The highest BCUT2D eigenvalue weighted by atomic mass is 32.2. The molecule has 0 atom stereocenters. The van der Waals surface area contributed by atoms with Crippen molar-refractivity contribution in [3.8, 4) is 0 Å². The van der Waals surface area contributed by atoms with Crippen molar-refractivity contribution in [2.75, 3.05) is 24.6 Å². The van der Waals surface area contributed by atoms with Crippen LogP contribution in [0, 0.1) is 5.92 Å². The van der Waals surface area contributed by atoms with Crippen LogP contribution in [0.15, 0.2) is 0 Å². The molecule has 3 nitrogen and oxygen atoms in total. The van der Waals surface area contributed by atoms with Gasteiger partial charge in [-0.05, 0) is 43.2 Å². The van der Waals surface area contributed by atoms with Crippen LogP contribution < -0.4 is 5.32 Å². The number of hydrogen-bond acceptors (Lipinski definition) is 5. The summed E-state index contributed by atoms with van der Waals surface area (Å²) in [6.45, 7) is 4.33. The van der Waals surface area contributed by atoms with E-state index in [1.165, 1.54) is 40.8 Å². The first-order valence-corrected chi connectivity index (χ1v) is 8.95. The first kappa shape index (κ1) is 14.3. The topological polar surface area (TPSA) is 37.8 Å². The van der Waals surface area contributed by atoms with Gasteiger partial charge < -0.3 is 5.32 Å². The van der Waals surface area contributed by atoms with Crippen LogP contribution in [0.25, 0.3) is 0 Å². The Morgan fingerprint density at radius 3 is 2.72 bits per heavy atom. The Hall–Kier alpha value is -0.130. The Kier molecular flexibility index (Phi) is 6.45. The van der Waals surface area contributed by atoms with Crippen molar-refractivity contribution in [1.29, 1.82) is 0 Å². The van der Waals surface area contributed by atoms with Crippen LogP contribution in [0.5, 0.6) is 0 Å². The molecule has 0 radical (unpaired) electrons. The van der Waals surface area contributed by atoms with Gasteiger partial charge in [-0.1, -0.05) is 6.92 Å². The monoisotopic (exact) mass is 285 g/mol. The summed E-state index contributed by atoms with van der Waals surface area (Å²) >= 11 is 3.90. The van der Waals surface area contributed by atoms with E-state index in [9.17, 15) is 0 Å². The summed E-state index contributed by atoms with van der Waals surface area (Å²) < 4.78 is 0. The maximum absolute atomic E-state index is 4.34. The molecular weight excluding hydrogens is 262 g/mol. The molecule has 1 N–H and O–H groups in total. The van der Waals surface area contributed by atoms with Gasteiger partial charge in [-0.25, -0.2) is 0 Å². The van der Waals surface area contributed by atoms with E-state index < -0.39 is 0 Å². The van der Waals surface area contributed by atoms with E-state index in [2.05, 4.69) is 34.2 Å². The third kappa shape index (κ3) is 4.86. The van der Waals surface area contributed by atoms with Gasteiger partial charge in [-0.3, -0.25) is 0 Å². The summed E-state index contributed by atoms with van der Waals surface area (Å²) in [6.07, 6.45) is 6.09. The van der Waals surface area contributed by atoms with Gasteiger partial charge in [0.05, 0.1) is 0 Å². The summed E-state index contributed by atoms with van der Waals surface area (Å²) in [5, 5.41) is 14.5. The van der Waals surface area contributed by atoms with Gasteiger partial charge in [-0.15, -0.1) is 21.5 Å². The molecule has 0 spiro atoms. The maximum Gasteiger partial charge on any atom is 0.118 e. The van der Waals surface area contributed by atoms with Gasteiger partial charge in [0.2, 0.25) is 0 Å². The Morgan fingerprint density at radius 2 is 1.94 bits per heavy atom. The van der Waals surface area contributed by atoms with Crippen LogP contribution in [-0.4, -0.2) is 34.8 Å². The highest BCUT2D eigenvalue weighted by Crippen LogP contribution is 2.26. The van der Waals surface area contributed by atoms with Crippen LogP contribution in [-0.2, 0) is 12.8 Å². The van der Waals surface area contributed by atoms with Crippen LogP contribution >= 0.6 is 23.1 Å². The summed E-state index contributed by atoms with van der Waals surface area (Å²) in [5.74, 6) is 3.51. The predicted octanol–water partition coefficient (Wildman–Crippen LogP) is 2.77. The zero-order chi connectivity index (χ0) is 12.6. The summed E-state index contributed by atoms with van der Waals surface area (Å²) in [6, 6.07) is 0. The minimum Gasteiger partial charge on any atom is -0.316 e. The van der Waals surface area contributed by atoms with Crippen LogP contribution in [0.1, 0.15) is 36.2 Å². The second kappa shape index (κ2) is 8.12. The average Bonchev–Trinajstić information content (AvgIpc) is 2.84. The molecule has 0 aliphatic carbocycles. The van der Waals surface area contributed by atoms with Crippen molar-refractivity contribution in [1.82, 2.24) is 15.5 Å². The fourth-order valence-electron chi connectivity index (χ4n) is 2.17. The lowest BCUT2D eigenvalue weighted by Gasteiger charge is -2.19. The third-order valence-electron chi connectivity index (χ3n) is 3.26. The minimum atomic E-state index is 0.852. The first-order chi connectivity index (χ1) is 8.88. The van der Waals surface area contributed by atoms with Gasteiger partial charge >= 0.3 is 0 Å². The molecule has 1 saturated heterocycles. The molecule has 5 heteroatoms. The molecule has 0 amide bonds. The lowest BCUT2D eigenvalue weighted by molar-refractivity contribution is 0.485. The zero-order valence-corrected chi connectivity index (χ0v) is 12.8. The number of nitrogens with zero attached hydrogens (tertiary/aromatic N) is 2. The van der Waals surface area contributed by atoms with Crippen molar-refractivity contribution < 1.29 is 0 Å². The molecule has 1 aromatic rings. The second-order valence-electron chi connectivity index (χ2n) is 4.85. The molecule has 1 fully saturated rings. The summed E-state index contributed by atoms with van der Waals surface area (Å²) in [7, 11) is 0. The van der Waals surface area contributed by atoms with Crippen molar-refractivity contribution in [2.45, 2.75) is 39.0 Å². The Balaban J connectivity index is 1.71. The van der Waals surface area contributed by atoms with Gasteiger partial charge in [0.1, 0.15) is 10.0 Å². The van der Waals surface area contributed by atoms with Crippen LogP contribution in [0.4, 0.5) is 0 Å². The molecule has 0 unspecified atom stereocenters. The largest absolute Gasteiger partial charge is 0.316 e. The predicted molar refractivity (Wildman–Crippen MR) is 80.5 cm³/mol. The first-order valence-electron chi connectivity index (χ1n) is 6.98. The molecule has 102 valence electrons. The lowest BCUT2D eigenvalue weighted by Crippen LogP contribution is -2.17. The van der Waals surface area contributed by atoms with Gasteiger partial charge in [0, 0.05) is 19.4 Å². The van der Waals surface area contributed by atoms with Gasteiger partial charge in [0.15, 0.2) is 0 Å². The number of thioether (sulfide) groups is 1. The molecule has 1 aliphatic rings. The maximum atomic E-state index is 4.34. The molecule has 1 aromatic heterocycles. The van der Waals surface area contributed by atoms with Crippen LogP contribution in [0.3, 0.4) is 0 Å². The van der Waals surface area contributed by atoms with Gasteiger partial charge in [0.25, 0.3) is 0 Å². The van der Waals surface area contributed by atoms with E-state index in [-0.39, 0.29) is 0 Å². The molecule has 0 bridgehead atoms. The standard InChI is InChI=1S/C13H23N3S2/c1-2-6-14-7-3-12-15-16-13(18-12)10-11-4-8-17-9-5-11/h11,14H,2-10H2,1H3. The molecule has 2 rings (SSSR count). The molecule has 2 heterocycles. The van der Waals surface area contributed by atoms with Crippen molar-refractivity contribution in [2.24, 2.45) is 5.92 Å². The number of aromatic nitrogens is 2. The van der Waals surface area contributed by atoms with Crippen LogP contribution in [0.2, 0.25) is 0 Å². The normalized spacial score (nSPS) is 17.2. The summed E-state index contributed by atoms with van der Waals surface area (Å²) in [4.78, 5) is 0. The van der Waals surface area contributed by atoms with E-state index in [4.69, 9.17) is 0 Å². The lowest BCUT2D eigenvalue weighted by atomic mass is 9.99. The number of nitrogens with one attached hydrogen (secondary N) is 1. The SMILES string of the molecule is CCCNCCc1nnc(CC2CCSCC2)s1. The zero-order valence-electron chi connectivity index (χ0n) is 11.2. The quantitative estimate of drug-likeness (QED) is 0.782. The van der Waals surface area contributed by atoms with Crippen molar-refractivity contribution in [3.63, 3.8) is 0 Å². The molecular formula is C13H23N3S2. The molecule has 0 aromatic carbocycles. The average molecular weight is 285 g/mol. The van der Waals surface area contributed by atoms with Crippen molar-refractivity contribution in [3.05, 3.63) is 10.0 Å².